The highest BCUT2D eigenvalue weighted by Crippen LogP contribution is 2.31. The van der Waals surface area contributed by atoms with Crippen LogP contribution < -0.4 is 5.73 Å². The van der Waals surface area contributed by atoms with E-state index in [4.69, 9.17) is 5.73 Å². The quantitative estimate of drug-likeness (QED) is 0.695. The molecule has 0 aliphatic heterocycles. The molecule has 3 rings (SSSR count). The van der Waals surface area contributed by atoms with Gasteiger partial charge >= 0.3 is 0 Å². The van der Waals surface area contributed by atoms with E-state index in [1.54, 1.807) is 23.7 Å². The highest BCUT2D eigenvalue weighted by atomic mass is 32.1. The number of nitrogens with two attached hydrogens (primary N) is 1. The minimum atomic E-state index is 0.308. The summed E-state index contributed by atoms with van der Waals surface area (Å²) in [6.07, 6.45) is 3.52. The maximum Gasteiger partial charge on any atom is 0.219 e. The molecule has 2 heterocycles. The van der Waals surface area contributed by atoms with Crippen molar-refractivity contribution in [1.82, 2.24) is 9.97 Å². The summed E-state index contributed by atoms with van der Waals surface area (Å²) in [6, 6.07) is 8.34. The predicted molar refractivity (Wildman–Crippen MR) is 67.3 cm³/mol. The number of hydrogen-bond acceptors (Lipinski definition) is 4. The molecule has 0 saturated carbocycles. The van der Waals surface area contributed by atoms with Crippen molar-refractivity contribution < 1.29 is 0 Å². The second-order valence-corrected chi connectivity index (χ2v) is 4.39. The average Bonchev–Trinajstić information content (AvgIpc) is 2.78. The Labute approximate surface area is 96.6 Å². The van der Waals surface area contributed by atoms with Crippen molar-refractivity contribution in [2.45, 2.75) is 0 Å². The summed E-state index contributed by atoms with van der Waals surface area (Å²) in [4.78, 5) is 8.04. The zero-order chi connectivity index (χ0) is 11.0. The summed E-state index contributed by atoms with van der Waals surface area (Å²) in [5, 5.41) is 3.34. The molecule has 0 bridgehead atoms. The van der Waals surface area contributed by atoms with Crippen LogP contribution >= 0.6 is 11.3 Å². The van der Waals surface area contributed by atoms with E-state index in [-0.39, 0.29) is 0 Å². The number of nitrogens with zero attached hydrogens (tertiary/aromatic N) is 2. The van der Waals surface area contributed by atoms with E-state index in [0.29, 0.717) is 5.95 Å². The van der Waals surface area contributed by atoms with Gasteiger partial charge in [-0.05, 0) is 16.8 Å². The second-order valence-electron chi connectivity index (χ2n) is 3.47. The third-order valence-electron chi connectivity index (χ3n) is 2.46. The van der Waals surface area contributed by atoms with Crippen LogP contribution in [0, 0.1) is 0 Å². The molecule has 0 aliphatic carbocycles. The van der Waals surface area contributed by atoms with E-state index >= 15 is 0 Å². The zero-order valence-electron chi connectivity index (χ0n) is 8.42. The number of fused-ring (bicyclic) bond motifs is 1. The van der Waals surface area contributed by atoms with Gasteiger partial charge in [-0.25, -0.2) is 9.97 Å². The monoisotopic (exact) mass is 227 g/mol. The Hall–Kier alpha value is -1.94. The van der Waals surface area contributed by atoms with Crippen LogP contribution in [-0.2, 0) is 0 Å². The zero-order valence-corrected chi connectivity index (χ0v) is 9.24. The van der Waals surface area contributed by atoms with Crippen LogP contribution in [0.5, 0.6) is 0 Å². The topological polar surface area (TPSA) is 51.8 Å². The molecule has 78 valence electrons. The van der Waals surface area contributed by atoms with Crippen LogP contribution in [0.25, 0.3) is 21.2 Å². The molecule has 0 fully saturated rings. The van der Waals surface area contributed by atoms with E-state index in [1.165, 1.54) is 10.1 Å². The van der Waals surface area contributed by atoms with Crippen molar-refractivity contribution >= 4 is 27.4 Å². The summed E-state index contributed by atoms with van der Waals surface area (Å²) >= 11 is 1.73. The number of hydrogen-bond donors (Lipinski definition) is 1. The van der Waals surface area contributed by atoms with Gasteiger partial charge in [-0.15, -0.1) is 11.3 Å². The summed E-state index contributed by atoms with van der Waals surface area (Å²) in [5.41, 5.74) is 7.64. The van der Waals surface area contributed by atoms with Crippen LogP contribution in [0.1, 0.15) is 0 Å². The SMILES string of the molecule is Nc1ncc(-c2cccc3ccsc23)cn1. The Kier molecular flexibility index (Phi) is 2.08. The fourth-order valence-corrected chi connectivity index (χ4v) is 2.63. The fraction of sp³-hybridized carbons (Fsp3) is 0. The van der Waals surface area contributed by atoms with Crippen molar-refractivity contribution in [3.05, 3.63) is 42.0 Å². The minimum absolute atomic E-state index is 0.308. The highest BCUT2D eigenvalue weighted by molar-refractivity contribution is 7.17. The molecular weight excluding hydrogens is 218 g/mol. The maximum absolute atomic E-state index is 5.48. The summed E-state index contributed by atoms with van der Waals surface area (Å²) in [6.45, 7) is 0. The number of rotatable bonds is 1. The first-order valence-electron chi connectivity index (χ1n) is 4.89. The Balaban J connectivity index is 2.25. The normalized spacial score (nSPS) is 10.8. The van der Waals surface area contributed by atoms with E-state index in [1.807, 2.05) is 6.07 Å². The summed E-state index contributed by atoms with van der Waals surface area (Å²) in [7, 11) is 0. The van der Waals surface area contributed by atoms with Gasteiger partial charge in [0, 0.05) is 28.2 Å². The van der Waals surface area contributed by atoms with Gasteiger partial charge in [0.25, 0.3) is 0 Å². The summed E-state index contributed by atoms with van der Waals surface area (Å²) in [5.74, 6) is 0.308. The lowest BCUT2D eigenvalue weighted by Gasteiger charge is -2.02. The van der Waals surface area contributed by atoms with Gasteiger partial charge in [0.15, 0.2) is 0 Å². The Morgan fingerprint density at radius 3 is 2.69 bits per heavy atom. The number of benzene rings is 1. The van der Waals surface area contributed by atoms with Crippen molar-refractivity contribution in [1.29, 1.82) is 0 Å². The molecule has 0 spiro atoms. The van der Waals surface area contributed by atoms with Gasteiger partial charge in [-0.1, -0.05) is 18.2 Å². The molecular formula is C12H9N3S. The lowest BCUT2D eigenvalue weighted by Crippen LogP contribution is -1.93. The number of aromatic nitrogens is 2. The first-order valence-corrected chi connectivity index (χ1v) is 5.77. The van der Waals surface area contributed by atoms with Gasteiger partial charge in [-0.2, -0.15) is 0 Å². The van der Waals surface area contributed by atoms with Crippen LogP contribution in [0.4, 0.5) is 5.95 Å². The molecule has 16 heavy (non-hydrogen) atoms. The smallest absolute Gasteiger partial charge is 0.219 e. The van der Waals surface area contributed by atoms with E-state index in [2.05, 4.69) is 33.5 Å². The van der Waals surface area contributed by atoms with E-state index in [0.717, 1.165) is 11.1 Å². The molecule has 0 atom stereocenters. The lowest BCUT2D eigenvalue weighted by molar-refractivity contribution is 1.19. The van der Waals surface area contributed by atoms with Crippen LogP contribution in [0.2, 0.25) is 0 Å². The van der Waals surface area contributed by atoms with Crippen molar-refractivity contribution in [3.63, 3.8) is 0 Å². The highest BCUT2D eigenvalue weighted by Gasteiger charge is 2.05. The number of thiophene rings is 1. The Morgan fingerprint density at radius 2 is 1.88 bits per heavy atom. The maximum atomic E-state index is 5.48. The van der Waals surface area contributed by atoms with Crippen molar-refractivity contribution in [2.24, 2.45) is 0 Å². The average molecular weight is 227 g/mol. The number of anilines is 1. The molecule has 0 aliphatic rings. The largest absolute Gasteiger partial charge is 0.368 e. The van der Waals surface area contributed by atoms with Gasteiger partial charge < -0.3 is 5.73 Å². The third kappa shape index (κ3) is 1.44. The van der Waals surface area contributed by atoms with Gasteiger partial charge in [0.1, 0.15) is 0 Å². The van der Waals surface area contributed by atoms with Crippen LogP contribution in [0.3, 0.4) is 0 Å². The van der Waals surface area contributed by atoms with Crippen molar-refractivity contribution in [2.75, 3.05) is 5.73 Å². The number of nitrogen functional groups attached to an aromatic ring is 1. The lowest BCUT2D eigenvalue weighted by atomic mass is 10.1. The van der Waals surface area contributed by atoms with E-state index < -0.39 is 0 Å². The van der Waals surface area contributed by atoms with Gasteiger partial charge in [0.05, 0.1) is 0 Å². The third-order valence-corrected chi connectivity index (χ3v) is 3.43. The van der Waals surface area contributed by atoms with Gasteiger partial charge in [0.2, 0.25) is 5.95 Å². The first kappa shape index (κ1) is 9.30. The van der Waals surface area contributed by atoms with Crippen molar-refractivity contribution in [3.8, 4) is 11.1 Å². The Bertz CT molecular complexity index is 628. The molecule has 3 nitrogen and oxygen atoms in total. The van der Waals surface area contributed by atoms with Gasteiger partial charge in [-0.3, -0.25) is 0 Å². The molecule has 0 radical (unpaired) electrons. The van der Waals surface area contributed by atoms with Crippen LogP contribution in [0.15, 0.2) is 42.0 Å². The standard InChI is InChI=1S/C12H9N3S/c13-12-14-6-9(7-15-12)10-3-1-2-8-4-5-16-11(8)10/h1-7H,(H2,13,14,15). The molecule has 0 amide bonds. The molecule has 0 unspecified atom stereocenters. The molecule has 0 saturated heterocycles. The minimum Gasteiger partial charge on any atom is -0.368 e. The fourth-order valence-electron chi connectivity index (χ4n) is 1.70. The molecule has 2 aromatic heterocycles. The second kappa shape index (κ2) is 3.57. The predicted octanol–water partition coefficient (Wildman–Crippen LogP) is 2.94. The summed E-state index contributed by atoms with van der Waals surface area (Å²) < 4.78 is 1.26. The Morgan fingerprint density at radius 1 is 1.06 bits per heavy atom. The molecule has 3 aromatic rings. The van der Waals surface area contributed by atoms with Crippen LogP contribution in [-0.4, -0.2) is 9.97 Å². The van der Waals surface area contributed by atoms with E-state index in [9.17, 15) is 0 Å². The molecule has 1 aromatic carbocycles. The molecule has 4 heteroatoms. The molecule has 2 N–H and O–H groups in total. The first-order chi connectivity index (χ1) is 7.84.